The second kappa shape index (κ2) is 6.29. The minimum absolute atomic E-state index is 0.00434. The van der Waals surface area contributed by atoms with E-state index in [4.69, 9.17) is 0 Å². The number of sulfone groups is 1. The molecule has 3 rings (SSSR count). The van der Waals surface area contributed by atoms with Gasteiger partial charge >= 0.3 is 0 Å². The summed E-state index contributed by atoms with van der Waals surface area (Å²) in [5.41, 5.74) is 1.48. The Kier molecular flexibility index (Phi) is 4.18. The SMILES string of the molecule is CS(=O)(=O)c1ccccc1C(=O)Nc1cccc(-c2ncc[nH]2)c1. The van der Waals surface area contributed by atoms with Gasteiger partial charge in [-0.15, -0.1) is 0 Å². The Morgan fingerprint density at radius 2 is 1.92 bits per heavy atom. The van der Waals surface area contributed by atoms with Gasteiger partial charge in [0.2, 0.25) is 0 Å². The average Bonchev–Trinajstić information content (AvgIpc) is 3.09. The molecule has 0 atom stereocenters. The first-order chi connectivity index (χ1) is 11.4. The summed E-state index contributed by atoms with van der Waals surface area (Å²) in [6.07, 6.45) is 4.43. The van der Waals surface area contributed by atoms with E-state index in [0.717, 1.165) is 11.8 Å². The van der Waals surface area contributed by atoms with Crippen molar-refractivity contribution in [2.45, 2.75) is 4.90 Å². The van der Waals surface area contributed by atoms with Crippen LogP contribution in [0.5, 0.6) is 0 Å². The van der Waals surface area contributed by atoms with Gasteiger partial charge in [0.15, 0.2) is 9.84 Å². The first kappa shape index (κ1) is 15.9. The molecular formula is C17H15N3O3S. The maximum absolute atomic E-state index is 12.5. The summed E-state index contributed by atoms with van der Waals surface area (Å²) in [5, 5.41) is 2.73. The summed E-state index contributed by atoms with van der Waals surface area (Å²) in [4.78, 5) is 19.6. The first-order valence-corrected chi connectivity index (χ1v) is 9.04. The predicted molar refractivity (Wildman–Crippen MR) is 91.5 cm³/mol. The number of aromatic nitrogens is 2. The van der Waals surface area contributed by atoms with Gasteiger partial charge in [0.05, 0.1) is 10.5 Å². The Morgan fingerprint density at radius 3 is 2.62 bits per heavy atom. The molecule has 0 radical (unpaired) electrons. The average molecular weight is 341 g/mol. The van der Waals surface area contributed by atoms with Gasteiger partial charge in [0.25, 0.3) is 5.91 Å². The lowest BCUT2D eigenvalue weighted by Gasteiger charge is -2.09. The van der Waals surface area contributed by atoms with E-state index in [-0.39, 0.29) is 10.5 Å². The quantitative estimate of drug-likeness (QED) is 0.763. The Morgan fingerprint density at radius 1 is 1.12 bits per heavy atom. The summed E-state index contributed by atoms with van der Waals surface area (Å²) in [6, 6.07) is 13.3. The number of H-pyrrole nitrogens is 1. The van der Waals surface area contributed by atoms with E-state index in [9.17, 15) is 13.2 Å². The van der Waals surface area contributed by atoms with E-state index in [1.165, 1.54) is 12.1 Å². The zero-order chi connectivity index (χ0) is 17.2. The Balaban J connectivity index is 1.90. The number of benzene rings is 2. The number of rotatable bonds is 4. The molecule has 0 aliphatic heterocycles. The van der Waals surface area contributed by atoms with Crippen LogP contribution in [0, 0.1) is 0 Å². The number of amides is 1. The molecule has 6 nitrogen and oxygen atoms in total. The Hall–Kier alpha value is -2.93. The zero-order valence-electron chi connectivity index (χ0n) is 12.9. The van der Waals surface area contributed by atoms with E-state index in [1.807, 2.05) is 6.07 Å². The van der Waals surface area contributed by atoms with Crippen LogP contribution in [0.25, 0.3) is 11.4 Å². The van der Waals surface area contributed by atoms with Gasteiger partial charge in [-0.3, -0.25) is 4.79 Å². The van der Waals surface area contributed by atoms with Crippen molar-refractivity contribution in [2.75, 3.05) is 11.6 Å². The van der Waals surface area contributed by atoms with Crippen LogP contribution in [-0.4, -0.2) is 30.5 Å². The molecule has 1 aromatic heterocycles. The van der Waals surface area contributed by atoms with E-state index in [2.05, 4.69) is 15.3 Å². The third-order valence-corrected chi connectivity index (χ3v) is 4.58. The first-order valence-electron chi connectivity index (χ1n) is 7.15. The number of imidazole rings is 1. The van der Waals surface area contributed by atoms with Crippen LogP contribution in [0.4, 0.5) is 5.69 Å². The highest BCUT2D eigenvalue weighted by molar-refractivity contribution is 7.90. The van der Waals surface area contributed by atoms with Crippen molar-refractivity contribution < 1.29 is 13.2 Å². The topological polar surface area (TPSA) is 91.9 Å². The maximum Gasteiger partial charge on any atom is 0.256 e. The molecule has 2 N–H and O–H groups in total. The van der Waals surface area contributed by atoms with Crippen LogP contribution in [0.2, 0.25) is 0 Å². The number of anilines is 1. The molecule has 0 aliphatic rings. The molecule has 0 saturated carbocycles. The lowest BCUT2D eigenvalue weighted by Crippen LogP contribution is -2.16. The van der Waals surface area contributed by atoms with Crippen LogP contribution in [0.3, 0.4) is 0 Å². The van der Waals surface area contributed by atoms with Crippen LogP contribution in [0.1, 0.15) is 10.4 Å². The third kappa shape index (κ3) is 3.36. The number of hydrogen-bond acceptors (Lipinski definition) is 4. The van der Waals surface area contributed by atoms with Crippen LogP contribution in [0.15, 0.2) is 65.8 Å². The standard InChI is InChI=1S/C17H15N3O3S/c1-24(22,23)15-8-3-2-7-14(15)17(21)20-13-6-4-5-12(11-13)16-18-9-10-19-16/h2-11H,1H3,(H,18,19)(H,20,21). The molecule has 122 valence electrons. The van der Waals surface area contributed by atoms with Gasteiger partial charge in [0.1, 0.15) is 5.82 Å². The van der Waals surface area contributed by atoms with E-state index in [0.29, 0.717) is 11.5 Å². The normalized spacial score (nSPS) is 11.2. The number of nitrogens with one attached hydrogen (secondary N) is 2. The summed E-state index contributed by atoms with van der Waals surface area (Å²) >= 11 is 0. The van der Waals surface area contributed by atoms with Gasteiger partial charge in [-0.05, 0) is 24.3 Å². The molecule has 0 unspecified atom stereocenters. The maximum atomic E-state index is 12.5. The minimum atomic E-state index is -3.49. The van der Waals surface area contributed by atoms with Gasteiger partial charge in [0, 0.05) is 29.9 Å². The second-order valence-electron chi connectivity index (χ2n) is 5.24. The van der Waals surface area contributed by atoms with Crippen molar-refractivity contribution in [1.29, 1.82) is 0 Å². The van der Waals surface area contributed by atoms with Crippen molar-refractivity contribution >= 4 is 21.4 Å². The lowest BCUT2D eigenvalue weighted by atomic mass is 10.1. The summed E-state index contributed by atoms with van der Waals surface area (Å²) < 4.78 is 23.7. The molecule has 1 amide bonds. The summed E-state index contributed by atoms with van der Waals surface area (Å²) in [7, 11) is -3.49. The fourth-order valence-electron chi connectivity index (χ4n) is 2.34. The molecule has 24 heavy (non-hydrogen) atoms. The van der Waals surface area contributed by atoms with Crippen LogP contribution < -0.4 is 5.32 Å². The van der Waals surface area contributed by atoms with Crippen molar-refractivity contribution in [2.24, 2.45) is 0 Å². The molecule has 0 fully saturated rings. The molecule has 0 saturated heterocycles. The predicted octanol–water partition coefficient (Wildman–Crippen LogP) is 2.73. The molecule has 0 bridgehead atoms. The molecular weight excluding hydrogens is 326 g/mol. The highest BCUT2D eigenvalue weighted by Gasteiger charge is 2.18. The summed E-state index contributed by atoms with van der Waals surface area (Å²) in [5.74, 6) is 0.204. The van der Waals surface area contributed by atoms with Gasteiger partial charge in [-0.25, -0.2) is 13.4 Å². The summed E-state index contributed by atoms with van der Waals surface area (Å²) in [6.45, 7) is 0. The van der Waals surface area contributed by atoms with Crippen LogP contribution >= 0.6 is 0 Å². The smallest absolute Gasteiger partial charge is 0.256 e. The molecule has 7 heteroatoms. The number of aromatic amines is 1. The molecule has 3 aromatic rings. The zero-order valence-corrected chi connectivity index (χ0v) is 13.7. The van der Waals surface area contributed by atoms with E-state index in [1.54, 1.807) is 42.7 Å². The minimum Gasteiger partial charge on any atom is -0.345 e. The fraction of sp³-hybridized carbons (Fsp3) is 0.0588. The largest absolute Gasteiger partial charge is 0.345 e. The van der Waals surface area contributed by atoms with Gasteiger partial charge in [-0.2, -0.15) is 0 Å². The molecule has 1 heterocycles. The van der Waals surface area contributed by atoms with Crippen molar-refractivity contribution in [1.82, 2.24) is 9.97 Å². The van der Waals surface area contributed by atoms with Gasteiger partial charge in [-0.1, -0.05) is 24.3 Å². The lowest BCUT2D eigenvalue weighted by molar-refractivity contribution is 0.102. The third-order valence-electron chi connectivity index (χ3n) is 3.42. The van der Waals surface area contributed by atoms with E-state index >= 15 is 0 Å². The number of nitrogens with zero attached hydrogens (tertiary/aromatic N) is 1. The monoisotopic (exact) mass is 341 g/mol. The highest BCUT2D eigenvalue weighted by atomic mass is 32.2. The number of hydrogen-bond donors (Lipinski definition) is 2. The van der Waals surface area contributed by atoms with Crippen molar-refractivity contribution in [3.8, 4) is 11.4 Å². The van der Waals surface area contributed by atoms with Crippen LogP contribution in [-0.2, 0) is 9.84 Å². The highest BCUT2D eigenvalue weighted by Crippen LogP contribution is 2.21. The second-order valence-corrected chi connectivity index (χ2v) is 7.23. The Bertz CT molecular complexity index is 980. The Labute approximate surface area is 139 Å². The molecule has 0 spiro atoms. The molecule has 2 aromatic carbocycles. The van der Waals surface area contributed by atoms with Crippen molar-refractivity contribution in [3.63, 3.8) is 0 Å². The fourth-order valence-corrected chi connectivity index (χ4v) is 3.23. The molecule has 0 aliphatic carbocycles. The number of carbonyl (C=O) groups is 1. The van der Waals surface area contributed by atoms with E-state index < -0.39 is 15.7 Å². The number of carbonyl (C=O) groups excluding carboxylic acids is 1. The van der Waals surface area contributed by atoms with Crippen molar-refractivity contribution in [3.05, 3.63) is 66.5 Å². The van der Waals surface area contributed by atoms with Gasteiger partial charge < -0.3 is 10.3 Å².